The molecule has 0 aliphatic carbocycles. The topological polar surface area (TPSA) is 75.4 Å². The molecule has 0 saturated carbocycles. The summed E-state index contributed by atoms with van der Waals surface area (Å²) >= 11 is 0. The van der Waals surface area contributed by atoms with E-state index in [1.54, 1.807) is 6.92 Å². The van der Waals surface area contributed by atoms with Crippen molar-refractivity contribution in [3.63, 3.8) is 0 Å². The van der Waals surface area contributed by atoms with Gasteiger partial charge in [-0.05, 0) is 19.8 Å². The zero-order valence-electron chi connectivity index (χ0n) is 12.4. The Labute approximate surface area is 114 Å². The van der Waals surface area contributed by atoms with Gasteiger partial charge >= 0.3 is 0 Å². The number of aliphatic hydroxyl groups is 1. The lowest BCUT2D eigenvalue weighted by molar-refractivity contribution is 0.0313. The van der Waals surface area contributed by atoms with Gasteiger partial charge in [0.25, 0.3) is 5.91 Å². The van der Waals surface area contributed by atoms with Crippen molar-refractivity contribution in [1.29, 1.82) is 0 Å². The number of aromatic nitrogens is 1. The fraction of sp³-hybridized carbons (Fsp3) is 0.714. The second-order valence-corrected chi connectivity index (χ2v) is 5.28. The molecule has 2 N–H and O–H groups in total. The van der Waals surface area contributed by atoms with Crippen molar-refractivity contribution >= 4 is 5.91 Å². The van der Waals surface area contributed by atoms with Gasteiger partial charge in [-0.3, -0.25) is 4.79 Å². The van der Waals surface area contributed by atoms with Crippen LogP contribution < -0.4 is 5.32 Å². The van der Waals surface area contributed by atoms with Crippen LogP contribution in [-0.4, -0.2) is 28.3 Å². The summed E-state index contributed by atoms with van der Waals surface area (Å²) < 4.78 is 5.19. The Morgan fingerprint density at radius 3 is 2.47 bits per heavy atom. The molecule has 19 heavy (non-hydrogen) atoms. The third kappa shape index (κ3) is 3.56. The molecule has 0 aliphatic rings. The van der Waals surface area contributed by atoms with Gasteiger partial charge in [-0.15, -0.1) is 0 Å². The van der Waals surface area contributed by atoms with Gasteiger partial charge < -0.3 is 14.9 Å². The molecule has 5 nitrogen and oxygen atoms in total. The maximum Gasteiger partial charge on any atom is 0.256 e. The van der Waals surface area contributed by atoms with Crippen LogP contribution in [0.25, 0.3) is 0 Å². The van der Waals surface area contributed by atoms with Crippen LogP contribution >= 0.6 is 0 Å². The first-order valence-electron chi connectivity index (χ1n) is 6.81. The van der Waals surface area contributed by atoms with Crippen molar-refractivity contribution in [2.75, 3.05) is 6.54 Å². The van der Waals surface area contributed by atoms with Gasteiger partial charge in [-0.25, -0.2) is 0 Å². The van der Waals surface area contributed by atoms with E-state index in [0.717, 1.165) is 0 Å². The molecule has 0 fully saturated rings. The molecule has 0 aromatic carbocycles. The highest BCUT2D eigenvalue weighted by molar-refractivity contribution is 5.96. The highest BCUT2D eigenvalue weighted by atomic mass is 16.5. The van der Waals surface area contributed by atoms with Crippen molar-refractivity contribution in [3.8, 4) is 0 Å². The standard InChI is InChI=1S/C14H24N2O3/c1-6-14(18,7-2)8-15-13(17)11-10(5)16-19-12(11)9(3)4/h9,18H,6-8H2,1-5H3,(H,15,17). The zero-order valence-corrected chi connectivity index (χ0v) is 12.4. The number of carbonyl (C=O) groups is 1. The van der Waals surface area contributed by atoms with Gasteiger partial charge in [-0.2, -0.15) is 0 Å². The second-order valence-electron chi connectivity index (χ2n) is 5.28. The summed E-state index contributed by atoms with van der Waals surface area (Å²) in [5.41, 5.74) is 0.223. The van der Waals surface area contributed by atoms with Crippen LogP contribution in [0.5, 0.6) is 0 Å². The maximum atomic E-state index is 12.2. The van der Waals surface area contributed by atoms with Gasteiger partial charge in [0.1, 0.15) is 5.56 Å². The molecular formula is C14H24N2O3. The fourth-order valence-electron chi connectivity index (χ4n) is 1.89. The smallest absolute Gasteiger partial charge is 0.256 e. The van der Waals surface area contributed by atoms with Crippen molar-refractivity contribution in [1.82, 2.24) is 10.5 Å². The van der Waals surface area contributed by atoms with Crippen LogP contribution in [-0.2, 0) is 0 Å². The quantitative estimate of drug-likeness (QED) is 0.830. The van der Waals surface area contributed by atoms with E-state index in [-0.39, 0.29) is 18.4 Å². The Balaban J connectivity index is 2.82. The molecule has 108 valence electrons. The molecule has 1 rings (SSSR count). The second kappa shape index (κ2) is 6.19. The number of hydrogen-bond acceptors (Lipinski definition) is 4. The summed E-state index contributed by atoms with van der Waals surface area (Å²) in [7, 11) is 0. The summed E-state index contributed by atoms with van der Waals surface area (Å²) in [6.45, 7) is 9.69. The Morgan fingerprint density at radius 2 is 2.00 bits per heavy atom. The van der Waals surface area contributed by atoms with E-state index in [1.165, 1.54) is 0 Å². The number of nitrogens with zero attached hydrogens (tertiary/aromatic N) is 1. The summed E-state index contributed by atoms with van der Waals surface area (Å²) in [4.78, 5) is 12.2. The first kappa shape index (κ1) is 15.7. The Hall–Kier alpha value is -1.36. The van der Waals surface area contributed by atoms with E-state index < -0.39 is 5.60 Å². The van der Waals surface area contributed by atoms with Crippen LogP contribution in [0.2, 0.25) is 0 Å². The molecule has 0 atom stereocenters. The fourth-order valence-corrected chi connectivity index (χ4v) is 1.89. The van der Waals surface area contributed by atoms with Gasteiger partial charge in [0, 0.05) is 12.5 Å². The highest BCUT2D eigenvalue weighted by Gasteiger charge is 2.26. The van der Waals surface area contributed by atoms with E-state index >= 15 is 0 Å². The van der Waals surface area contributed by atoms with E-state index in [2.05, 4.69) is 10.5 Å². The average Bonchev–Trinajstić information content (AvgIpc) is 2.77. The third-order valence-electron chi connectivity index (χ3n) is 3.53. The minimum absolute atomic E-state index is 0.0955. The van der Waals surface area contributed by atoms with E-state index in [1.807, 2.05) is 27.7 Å². The molecular weight excluding hydrogens is 244 g/mol. The molecule has 0 bridgehead atoms. The van der Waals surface area contributed by atoms with Crippen molar-refractivity contribution in [2.24, 2.45) is 0 Å². The number of rotatable bonds is 6. The number of carbonyl (C=O) groups excluding carboxylic acids is 1. The van der Waals surface area contributed by atoms with Crippen LogP contribution in [0, 0.1) is 6.92 Å². The van der Waals surface area contributed by atoms with E-state index in [4.69, 9.17) is 4.52 Å². The molecule has 0 unspecified atom stereocenters. The van der Waals surface area contributed by atoms with Gasteiger partial charge in [0.05, 0.1) is 11.3 Å². The Bertz CT molecular complexity index is 434. The summed E-state index contributed by atoms with van der Waals surface area (Å²) in [5, 5.41) is 16.8. The largest absolute Gasteiger partial charge is 0.388 e. The summed E-state index contributed by atoms with van der Waals surface area (Å²) in [6.07, 6.45) is 1.20. The lowest BCUT2D eigenvalue weighted by Gasteiger charge is -2.25. The number of aryl methyl sites for hydroxylation is 1. The molecule has 0 aliphatic heterocycles. The number of hydrogen-bond donors (Lipinski definition) is 2. The van der Waals surface area contributed by atoms with Crippen molar-refractivity contribution < 1.29 is 14.4 Å². The van der Waals surface area contributed by atoms with Gasteiger partial charge in [0.15, 0.2) is 5.76 Å². The van der Waals surface area contributed by atoms with E-state index in [0.29, 0.717) is 29.9 Å². The lowest BCUT2D eigenvalue weighted by atomic mass is 9.97. The molecule has 0 radical (unpaired) electrons. The monoisotopic (exact) mass is 268 g/mol. The van der Waals surface area contributed by atoms with Crippen LogP contribution in [0.1, 0.15) is 68.3 Å². The van der Waals surface area contributed by atoms with Crippen LogP contribution in [0.4, 0.5) is 0 Å². The third-order valence-corrected chi connectivity index (χ3v) is 3.53. The number of amides is 1. The van der Waals surface area contributed by atoms with Crippen LogP contribution in [0.15, 0.2) is 4.52 Å². The minimum Gasteiger partial charge on any atom is -0.388 e. The first-order valence-corrected chi connectivity index (χ1v) is 6.81. The predicted octanol–water partition coefficient (Wildman–Crippen LogP) is 2.39. The van der Waals surface area contributed by atoms with E-state index in [9.17, 15) is 9.90 Å². The SMILES string of the molecule is CCC(O)(CC)CNC(=O)c1c(C)noc1C(C)C. The molecule has 1 aromatic heterocycles. The Kier molecular flexibility index (Phi) is 5.11. The van der Waals surface area contributed by atoms with Crippen molar-refractivity contribution in [3.05, 3.63) is 17.0 Å². The van der Waals surface area contributed by atoms with Crippen LogP contribution in [0.3, 0.4) is 0 Å². The van der Waals surface area contributed by atoms with Crippen molar-refractivity contribution in [2.45, 2.75) is 59.0 Å². The highest BCUT2D eigenvalue weighted by Crippen LogP contribution is 2.22. The number of nitrogens with one attached hydrogen (secondary N) is 1. The predicted molar refractivity (Wildman–Crippen MR) is 73.2 cm³/mol. The molecule has 1 amide bonds. The normalized spacial score (nSPS) is 11.9. The average molecular weight is 268 g/mol. The molecule has 1 aromatic rings. The summed E-state index contributed by atoms with van der Waals surface area (Å²) in [5.74, 6) is 0.451. The van der Waals surface area contributed by atoms with Gasteiger partial charge in [0.2, 0.25) is 0 Å². The summed E-state index contributed by atoms with van der Waals surface area (Å²) in [6, 6.07) is 0. The molecule has 1 heterocycles. The maximum absolute atomic E-state index is 12.2. The molecule has 0 spiro atoms. The first-order chi connectivity index (χ1) is 8.84. The lowest BCUT2D eigenvalue weighted by Crippen LogP contribution is -2.42. The Morgan fingerprint density at radius 1 is 1.42 bits per heavy atom. The molecule has 5 heteroatoms. The van der Waals surface area contributed by atoms with Gasteiger partial charge in [-0.1, -0.05) is 32.9 Å². The molecule has 0 saturated heterocycles. The minimum atomic E-state index is -0.848. The zero-order chi connectivity index (χ0) is 14.6.